The summed E-state index contributed by atoms with van der Waals surface area (Å²) in [4.78, 5) is 26.4. The van der Waals surface area contributed by atoms with Crippen LogP contribution in [0.2, 0.25) is 0 Å². The molecule has 0 spiro atoms. The zero-order chi connectivity index (χ0) is 25.0. The van der Waals surface area contributed by atoms with Gasteiger partial charge in [-0.1, -0.05) is 41.0 Å². The van der Waals surface area contributed by atoms with Gasteiger partial charge in [0.1, 0.15) is 23.4 Å². The van der Waals surface area contributed by atoms with Crippen LogP contribution in [0.15, 0.2) is 0 Å². The maximum atomic E-state index is 13.4. The average molecular weight is 456 g/mol. The summed E-state index contributed by atoms with van der Waals surface area (Å²) in [6.07, 6.45) is -0.173. The van der Waals surface area contributed by atoms with Crippen molar-refractivity contribution in [2.75, 3.05) is 7.11 Å². The Balaban J connectivity index is 3.57. The van der Waals surface area contributed by atoms with E-state index in [9.17, 15) is 19.8 Å². The summed E-state index contributed by atoms with van der Waals surface area (Å²) < 4.78 is 11.5. The third-order valence-electron chi connectivity index (χ3n) is 7.86. The summed E-state index contributed by atoms with van der Waals surface area (Å²) in [6, 6.07) is 0. The van der Waals surface area contributed by atoms with E-state index in [2.05, 4.69) is 0 Å². The first-order valence-corrected chi connectivity index (χ1v) is 12.0. The molecule has 0 amide bonds. The van der Waals surface area contributed by atoms with Crippen molar-refractivity contribution >= 4 is 17.5 Å². The van der Waals surface area contributed by atoms with E-state index in [1.54, 1.807) is 27.9 Å². The average Bonchev–Trinajstić information content (AvgIpc) is 2.76. The van der Waals surface area contributed by atoms with Crippen LogP contribution in [0.1, 0.15) is 81.1 Å². The van der Waals surface area contributed by atoms with Gasteiger partial charge in [-0.25, -0.2) is 0 Å². The number of carbonyl (C=O) groups is 2. The summed E-state index contributed by atoms with van der Waals surface area (Å²) >= 11 is 0. The number of esters is 1. The van der Waals surface area contributed by atoms with E-state index in [0.29, 0.717) is 18.6 Å². The highest BCUT2D eigenvalue weighted by atomic mass is 16.6. The van der Waals surface area contributed by atoms with E-state index < -0.39 is 47.1 Å². The first-order chi connectivity index (χ1) is 14.7. The quantitative estimate of drug-likeness (QED) is 0.439. The van der Waals surface area contributed by atoms with E-state index in [-0.39, 0.29) is 24.0 Å². The van der Waals surface area contributed by atoms with Crippen molar-refractivity contribution in [1.29, 1.82) is 5.41 Å². The van der Waals surface area contributed by atoms with Gasteiger partial charge >= 0.3 is 5.97 Å². The SMILES string of the molecule is CCC[C@H]1C(=O)[C@@H](C)C(=O)O[C@H](CC)[C@@](C)(O)[C@H](O)[C@@H](C)C(=N)[C@H](C)C[C@@](C)(OC)[C@@H]1C. The van der Waals surface area contributed by atoms with Crippen molar-refractivity contribution in [3.8, 4) is 0 Å². The van der Waals surface area contributed by atoms with Crippen LogP contribution in [0.3, 0.4) is 0 Å². The standard InChI is InChI=1S/C25H45NO6/c1-10-12-18-17(6)24(7,31-9)13-14(3)20(26)15(4)22(28)25(8,30)19(11-2)32-23(29)16(5)21(18)27/h14-19,22,26,28,30H,10-13H2,1-9H3/t14-,15+,16-,17-,18-,19-,22-,24-,25-/m1/s1. The van der Waals surface area contributed by atoms with Gasteiger partial charge in [0.05, 0.1) is 11.7 Å². The maximum Gasteiger partial charge on any atom is 0.316 e. The van der Waals surface area contributed by atoms with E-state index in [0.717, 1.165) is 6.42 Å². The lowest BCUT2D eigenvalue weighted by atomic mass is 9.69. The third-order valence-corrected chi connectivity index (χ3v) is 7.86. The van der Waals surface area contributed by atoms with Crippen LogP contribution >= 0.6 is 0 Å². The lowest BCUT2D eigenvalue weighted by molar-refractivity contribution is -0.187. The molecule has 7 heteroatoms. The Bertz CT molecular complexity index is 677. The van der Waals surface area contributed by atoms with Crippen LogP contribution in [-0.2, 0) is 19.1 Å². The Kier molecular flexibility index (Phi) is 10.1. The minimum absolute atomic E-state index is 0.196. The molecular formula is C25H45NO6. The fourth-order valence-electron chi connectivity index (χ4n) is 5.16. The molecule has 1 heterocycles. The highest BCUT2D eigenvalue weighted by Gasteiger charge is 2.48. The lowest BCUT2D eigenvalue weighted by Crippen LogP contribution is -2.56. The molecule has 1 fully saturated rings. The normalized spacial score (nSPS) is 43.0. The summed E-state index contributed by atoms with van der Waals surface area (Å²) in [5.41, 5.74) is -2.20. The van der Waals surface area contributed by atoms with Crippen LogP contribution in [0.25, 0.3) is 0 Å². The van der Waals surface area contributed by atoms with Gasteiger partial charge in [0.25, 0.3) is 0 Å². The Morgan fingerprint density at radius 2 is 1.72 bits per heavy atom. The number of ether oxygens (including phenoxy) is 2. The maximum absolute atomic E-state index is 13.4. The number of Topliss-reactive ketones (excluding diaryl/α,β-unsaturated/α-hetero) is 1. The summed E-state index contributed by atoms with van der Waals surface area (Å²) in [5, 5.41) is 30.9. The zero-order valence-electron chi connectivity index (χ0n) is 21.4. The Morgan fingerprint density at radius 3 is 2.19 bits per heavy atom. The number of ketones is 1. The second-order valence-corrected chi connectivity index (χ2v) is 10.2. The highest BCUT2D eigenvalue weighted by molar-refractivity contribution is 6.00. The van der Waals surface area contributed by atoms with Gasteiger partial charge in [-0.3, -0.25) is 9.59 Å². The molecule has 1 rings (SSSR count). The van der Waals surface area contributed by atoms with Gasteiger partial charge in [0.15, 0.2) is 0 Å². The first-order valence-electron chi connectivity index (χ1n) is 12.0. The molecular weight excluding hydrogens is 410 g/mol. The second kappa shape index (κ2) is 11.2. The molecule has 0 aliphatic carbocycles. The third kappa shape index (κ3) is 5.78. The van der Waals surface area contributed by atoms with E-state index in [4.69, 9.17) is 14.9 Å². The molecule has 0 unspecified atom stereocenters. The molecule has 0 aromatic rings. The fraction of sp³-hybridized carbons (Fsp3) is 0.880. The summed E-state index contributed by atoms with van der Waals surface area (Å²) in [7, 11) is 1.61. The van der Waals surface area contributed by atoms with Crippen molar-refractivity contribution in [1.82, 2.24) is 0 Å². The largest absolute Gasteiger partial charge is 0.459 e. The number of hydrogen-bond acceptors (Lipinski definition) is 7. The van der Waals surface area contributed by atoms with Crippen LogP contribution in [-0.4, -0.2) is 58.2 Å². The van der Waals surface area contributed by atoms with Crippen LogP contribution in [0.5, 0.6) is 0 Å². The summed E-state index contributed by atoms with van der Waals surface area (Å²) in [6.45, 7) is 14.3. The summed E-state index contributed by atoms with van der Waals surface area (Å²) in [5.74, 6) is -3.39. The van der Waals surface area contributed by atoms with Crippen LogP contribution in [0.4, 0.5) is 0 Å². The molecule has 0 saturated carbocycles. The number of aliphatic hydroxyl groups excluding tert-OH is 1. The molecule has 32 heavy (non-hydrogen) atoms. The van der Waals surface area contributed by atoms with Gasteiger partial charge in [-0.05, 0) is 51.9 Å². The second-order valence-electron chi connectivity index (χ2n) is 10.2. The number of methoxy groups -OCH3 is 1. The van der Waals surface area contributed by atoms with Crippen molar-refractivity contribution in [3.63, 3.8) is 0 Å². The van der Waals surface area contributed by atoms with Crippen molar-refractivity contribution in [3.05, 3.63) is 0 Å². The predicted molar refractivity (Wildman–Crippen MR) is 125 cm³/mol. The number of carbonyl (C=O) groups excluding carboxylic acids is 2. The van der Waals surface area contributed by atoms with Gasteiger partial charge in [-0.15, -0.1) is 0 Å². The molecule has 9 atom stereocenters. The van der Waals surface area contributed by atoms with E-state index in [1.807, 2.05) is 27.7 Å². The Morgan fingerprint density at radius 1 is 1.16 bits per heavy atom. The zero-order valence-corrected chi connectivity index (χ0v) is 21.4. The predicted octanol–water partition coefficient (Wildman–Crippen LogP) is 3.78. The van der Waals surface area contributed by atoms with Crippen molar-refractivity contribution in [2.45, 2.75) is 104 Å². The topological polar surface area (TPSA) is 117 Å². The number of hydrogen-bond donors (Lipinski definition) is 3. The van der Waals surface area contributed by atoms with Crippen molar-refractivity contribution < 1.29 is 29.3 Å². The van der Waals surface area contributed by atoms with Crippen LogP contribution < -0.4 is 0 Å². The lowest BCUT2D eigenvalue weighted by Gasteiger charge is -2.43. The number of nitrogens with one attached hydrogen (secondary N) is 1. The number of aliphatic hydroxyl groups is 2. The fourth-order valence-corrected chi connectivity index (χ4v) is 5.16. The molecule has 3 N–H and O–H groups in total. The highest BCUT2D eigenvalue weighted by Crippen LogP contribution is 2.39. The molecule has 0 radical (unpaired) electrons. The molecule has 1 aliphatic heterocycles. The molecule has 0 aromatic carbocycles. The minimum atomic E-state index is -1.77. The van der Waals surface area contributed by atoms with Gasteiger partial charge < -0.3 is 25.1 Å². The first kappa shape index (κ1) is 28.7. The Hall–Kier alpha value is -1.31. The van der Waals surface area contributed by atoms with E-state index in [1.165, 1.54) is 6.92 Å². The molecule has 0 bridgehead atoms. The van der Waals surface area contributed by atoms with Gasteiger partial charge in [-0.2, -0.15) is 0 Å². The molecule has 7 nitrogen and oxygen atoms in total. The van der Waals surface area contributed by atoms with Crippen LogP contribution in [0, 0.1) is 35.0 Å². The smallest absolute Gasteiger partial charge is 0.316 e. The molecule has 1 saturated heterocycles. The minimum Gasteiger partial charge on any atom is -0.459 e. The number of rotatable bonds is 4. The van der Waals surface area contributed by atoms with Crippen molar-refractivity contribution in [2.24, 2.45) is 29.6 Å². The molecule has 1 aliphatic rings. The van der Waals surface area contributed by atoms with Gasteiger partial charge in [0, 0.05) is 24.7 Å². The van der Waals surface area contributed by atoms with E-state index >= 15 is 0 Å². The van der Waals surface area contributed by atoms with Gasteiger partial charge in [0.2, 0.25) is 0 Å². The monoisotopic (exact) mass is 455 g/mol. The molecule has 0 aromatic heterocycles. The molecule has 186 valence electrons. The number of cyclic esters (lactones) is 1. The Labute approximate surface area is 193 Å².